The second kappa shape index (κ2) is 7.57. The van der Waals surface area contributed by atoms with Crippen molar-refractivity contribution in [3.8, 4) is 5.75 Å². The van der Waals surface area contributed by atoms with E-state index in [0.717, 1.165) is 36.6 Å². The van der Waals surface area contributed by atoms with Crippen molar-refractivity contribution >= 4 is 0 Å². The average Bonchev–Trinajstić information content (AvgIpc) is 2.98. The highest BCUT2D eigenvalue weighted by molar-refractivity contribution is 5.40. The van der Waals surface area contributed by atoms with Crippen LogP contribution >= 0.6 is 0 Å². The Labute approximate surface area is 177 Å². The summed E-state index contributed by atoms with van der Waals surface area (Å²) in [6.45, 7) is 10.5. The van der Waals surface area contributed by atoms with E-state index in [1.807, 2.05) is 12.1 Å². The summed E-state index contributed by atoms with van der Waals surface area (Å²) in [5, 5.41) is 21.8. The molecule has 0 heterocycles. The lowest BCUT2D eigenvalue weighted by Crippen LogP contribution is -2.51. The third-order valence-corrected chi connectivity index (χ3v) is 9.85. The van der Waals surface area contributed by atoms with Crippen molar-refractivity contribution in [2.24, 2.45) is 17.3 Å². The van der Waals surface area contributed by atoms with Crippen LogP contribution in [0.25, 0.3) is 0 Å². The normalized spacial score (nSPS) is 36.4. The molecule has 0 aliphatic heterocycles. The molecule has 162 valence electrons. The van der Waals surface area contributed by atoms with Crippen LogP contribution in [0.2, 0.25) is 0 Å². The topological polar surface area (TPSA) is 40.5 Å². The first-order valence-corrected chi connectivity index (χ1v) is 12.1. The summed E-state index contributed by atoms with van der Waals surface area (Å²) in [6, 6.07) is 6.04. The van der Waals surface area contributed by atoms with Crippen molar-refractivity contribution in [2.75, 3.05) is 26.7 Å². The molecule has 0 saturated heterocycles. The molecule has 29 heavy (non-hydrogen) atoms. The van der Waals surface area contributed by atoms with Gasteiger partial charge in [-0.2, -0.15) is 0 Å². The fourth-order valence-corrected chi connectivity index (χ4v) is 7.38. The Balaban J connectivity index is 1.50. The summed E-state index contributed by atoms with van der Waals surface area (Å²) in [7, 11) is 2.35. The van der Waals surface area contributed by atoms with E-state index in [1.54, 1.807) is 0 Å². The predicted molar refractivity (Wildman–Crippen MR) is 119 cm³/mol. The van der Waals surface area contributed by atoms with E-state index in [0.29, 0.717) is 23.5 Å². The molecule has 2 fully saturated rings. The molecule has 0 radical (unpaired) electrons. The summed E-state index contributed by atoms with van der Waals surface area (Å²) in [5.41, 5.74) is 2.43. The van der Waals surface area contributed by atoms with Gasteiger partial charge in [0.05, 0.1) is 32.3 Å². The van der Waals surface area contributed by atoms with Crippen LogP contribution in [0.15, 0.2) is 18.2 Å². The van der Waals surface area contributed by atoms with E-state index in [9.17, 15) is 10.2 Å². The van der Waals surface area contributed by atoms with Crippen molar-refractivity contribution in [3.05, 3.63) is 29.3 Å². The molecule has 0 spiro atoms. The summed E-state index contributed by atoms with van der Waals surface area (Å²) >= 11 is 0. The number of rotatable bonds is 6. The third kappa shape index (κ3) is 3.43. The van der Waals surface area contributed by atoms with Crippen LogP contribution in [0.4, 0.5) is 0 Å². The summed E-state index contributed by atoms with van der Waals surface area (Å²) < 4.78 is 1.12. The molecule has 1 aromatic rings. The van der Waals surface area contributed by atoms with Gasteiger partial charge in [-0.05, 0) is 112 Å². The number of hydrogen-bond acceptors (Lipinski definition) is 2. The minimum Gasteiger partial charge on any atom is -0.508 e. The van der Waals surface area contributed by atoms with Gasteiger partial charge in [0, 0.05) is 0 Å². The average molecular weight is 401 g/mol. The number of benzene rings is 1. The monoisotopic (exact) mass is 400 g/mol. The molecule has 2 N–H and O–H groups in total. The second-order valence-corrected chi connectivity index (χ2v) is 10.9. The number of nitrogens with zero attached hydrogens (tertiary/aromatic N) is 1. The molecule has 3 aliphatic rings. The first-order valence-electron chi connectivity index (χ1n) is 12.1. The molecule has 3 nitrogen and oxygen atoms in total. The molecule has 5 atom stereocenters. The zero-order chi connectivity index (χ0) is 20.9. The van der Waals surface area contributed by atoms with Crippen molar-refractivity contribution in [3.63, 3.8) is 0 Å². The number of aromatic hydroxyl groups is 1. The Kier molecular flexibility index (Phi) is 5.53. The van der Waals surface area contributed by atoms with Crippen molar-refractivity contribution in [1.82, 2.24) is 0 Å². The van der Waals surface area contributed by atoms with Crippen LogP contribution in [0.1, 0.15) is 82.8 Å². The van der Waals surface area contributed by atoms with Crippen LogP contribution in [-0.4, -0.2) is 47.0 Å². The fourth-order valence-electron chi connectivity index (χ4n) is 7.38. The first kappa shape index (κ1) is 21.2. The zero-order valence-corrected chi connectivity index (χ0v) is 19.1. The quantitative estimate of drug-likeness (QED) is 0.641. The lowest BCUT2D eigenvalue weighted by Gasteiger charge is -2.53. The Morgan fingerprint density at radius 3 is 2.59 bits per heavy atom. The first-order chi connectivity index (χ1) is 13.8. The molecule has 3 aliphatic carbocycles. The molecule has 0 amide bonds. The Bertz CT molecular complexity index is 742. The SMILES string of the molecule is CC[N+](C)(CC)CCC[C@]1(O)CCC2C3CCc4cc(O)ccc4C3CC[C@@]21C. The molecule has 3 unspecified atom stereocenters. The summed E-state index contributed by atoms with van der Waals surface area (Å²) in [5.74, 6) is 2.38. The molecular formula is C26H42NO2+. The standard InChI is InChI=1S/C26H41NO2/c1-5-27(4,6-2)17-7-14-26(29)16-13-24-23-10-8-19-18-20(28)9-11-21(19)22(23)12-15-25(24,26)3/h9,11,18,22-24,29H,5-8,10,12-17H2,1-4H3/p+1/t22?,23?,24?,25-,26-/m0/s1. The van der Waals surface area contributed by atoms with E-state index in [4.69, 9.17) is 0 Å². The van der Waals surface area contributed by atoms with E-state index >= 15 is 0 Å². The number of hydrogen-bond donors (Lipinski definition) is 2. The minimum absolute atomic E-state index is 0.0738. The highest BCUT2D eigenvalue weighted by Crippen LogP contribution is 2.65. The number of fused-ring (bicyclic) bond motifs is 5. The van der Waals surface area contributed by atoms with Gasteiger partial charge in [-0.3, -0.25) is 0 Å². The van der Waals surface area contributed by atoms with Gasteiger partial charge in [0.25, 0.3) is 0 Å². The highest BCUT2D eigenvalue weighted by Gasteiger charge is 2.61. The second-order valence-electron chi connectivity index (χ2n) is 10.9. The van der Waals surface area contributed by atoms with Crippen molar-refractivity contribution in [2.45, 2.75) is 83.7 Å². The van der Waals surface area contributed by atoms with Crippen LogP contribution in [-0.2, 0) is 6.42 Å². The number of phenolic OH excluding ortho intramolecular Hbond substituents is 1. The van der Waals surface area contributed by atoms with Gasteiger partial charge in [-0.25, -0.2) is 0 Å². The molecule has 0 aromatic heterocycles. The van der Waals surface area contributed by atoms with Gasteiger partial charge in [0.2, 0.25) is 0 Å². The van der Waals surface area contributed by atoms with Crippen LogP contribution in [0.5, 0.6) is 5.75 Å². The molecule has 3 heteroatoms. The maximum Gasteiger partial charge on any atom is 0.115 e. The molecule has 4 rings (SSSR count). The van der Waals surface area contributed by atoms with Gasteiger partial charge in [0.15, 0.2) is 0 Å². The lowest BCUT2D eigenvalue weighted by molar-refractivity contribution is -0.906. The summed E-state index contributed by atoms with van der Waals surface area (Å²) in [6.07, 6.45) is 8.91. The van der Waals surface area contributed by atoms with Crippen molar-refractivity contribution in [1.29, 1.82) is 0 Å². The van der Waals surface area contributed by atoms with Crippen LogP contribution in [0.3, 0.4) is 0 Å². The number of quaternary nitrogens is 1. The Morgan fingerprint density at radius 2 is 1.86 bits per heavy atom. The van der Waals surface area contributed by atoms with Gasteiger partial charge in [-0.15, -0.1) is 0 Å². The van der Waals surface area contributed by atoms with E-state index in [1.165, 1.54) is 50.0 Å². The molecule has 2 saturated carbocycles. The maximum absolute atomic E-state index is 11.9. The maximum atomic E-state index is 11.9. The minimum atomic E-state index is -0.482. The van der Waals surface area contributed by atoms with Gasteiger partial charge < -0.3 is 14.7 Å². The molecule has 1 aromatic carbocycles. The van der Waals surface area contributed by atoms with E-state index in [-0.39, 0.29) is 5.41 Å². The van der Waals surface area contributed by atoms with Gasteiger partial charge in [0.1, 0.15) is 5.75 Å². The third-order valence-electron chi connectivity index (χ3n) is 9.85. The number of aliphatic hydroxyl groups is 1. The van der Waals surface area contributed by atoms with Crippen LogP contribution < -0.4 is 0 Å². The van der Waals surface area contributed by atoms with E-state index < -0.39 is 5.60 Å². The Hall–Kier alpha value is -1.06. The Morgan fingerprint density at radius 1 is 1.10 bits per heavy atom. The molecule has 0 bridgehead atoms. The molecular weight excluding hydrogens is 358 g/mol. The van der Waals surface area contributed by atoms with Crippen LogP contribution in [0, 0.1) is 17.3 Å². The zero-order valence-electron chi connectivity index (χ0n) is 19.1. The predicted octanol–water partition coefficient (Wildman–Crippen LogP) is 5.25. The van der Waals surface area contributed by atoms with Gasteiger partial charge >= 0.3 is 0 Å². The largest absolute Gasteiger partial charge is 0.508 e. The van der Waals surface area contributed by atoms with Crippen molar-refractivity contribution < 1.29 is 14.7 Å². The number of aryl methyl sites for hydroxylation is 1. The lowest BCUT2D eigenvalue weighted by atomic mass is 9.53. The summed E-state index contributed by atoms with van der Waals surface area (Å²) in [4.78, 5) is 0. The fraction of sp³-hybridized carbons (Fsp3) is 0.769. The van der Waals surface area contributed by atoms with E-state index in [2.05, 4.69) is 33.9 Å². The highest BCUT2D eigenvalue weighted by atomic mass is 16.3. The van der Waals surface area contributed by atoms with Gasteiger partial charge in [-0.1, -0.05) is 13.0 Å². The number of phenols is 1. The smallest absolute Gasteiger partial charge is 0.115 e.